The molecular weight excluding hydrogens is 296 g/mol. The lowest BCUT2D eigenvalue weighted by Crippen LogP contribution is -2.38. The second-order valence-electron chi connectivity index (χ2n) is 6.75. The number of hydrogen-bond donors (Lipinski definition) is 1. The third kappa shape index (κ3) is 2.78. The average Bonchev–Trinajstić information content (AvgIpc) is 2.89. The number of anilines is 1. The Morgan fingerprint density at radius 1 is 1.17 bits per heavy atom. The van der Waals surface area contributed by atoms with Crippen molar-refractivity contribution in [2.75, 3.05) is 18.4 Å². The van der Waals surface area contributed by atoms with E-state index in [1.54, 1.807) is 0 Å². The molecule has 4 rings (SSSR count). The Bertz CT molecular complexity index is 837. The van der Waals surface area contributed by atoms with Crippen LogP contribution in [0.2, 0.25) is 0 Å². The highest BCUT2D eigenvalue weighted by atomic mass is 15.2. The van der Waals surface area contributed by atoms with Gasteiger partial charge in [0, 0.05) is 55.5 Å². The fourth-order valence-corrected chi connectivity index (χ4v) is 3.86. The van der Waals surface area contributed by atoms with Crippen LogP contribution in [0.3, 0.4) is 0 Å². The lowest BCUT2D eigenvalue weighted by atomic mass is 10.0. The van der Waals surface area contributed by atoms with Crippen molar-refractivity contribution in [2.45, 2.75) is 25.9 Å². The molecular formula is C20H24N4. The molecule has 1 aliphatic heterocycles. The maximum Gasteiger partial charge on any atom is 0.126 e. The molecule has 1 atom stereocenters. The highest BCUT2D eigenvalue weighted by Gasteiger charge is 2.23. The van der Waals surface area contributed by atoms with Crippen LogP contribution in [0, 0.1) is 0 Å². The van der Waals surface area contributed by atoms with Crippen LogP contribution in [0.15, 0.2) is 48.7 Å². The Labute approximate surface area is 143 Å². The summed E-state index contributed by atoms with van der Waals surface area (Å²) in [7, 11) is 2.19. The fourth-order valence-electron chi connectivity index (χ4n) is 3.86. The summed E-state index contributed by atoms with van der Waals surface area (Å²) in [5, 5.41) is 4.92. The summed E-state index contributed by atoms with van der Waals surface area (Å²) >= 11 is 0. The third-order valence-electron chi connectivity index (χ3n) is 4.99. The average molecular weight is 320 g/mol. The molecule has 0 bridgehead atoms. The first-order valence-electron chi connectivity index (χ1n) is 8.67. The van der Waals surface area contributed by atoms with Crippen LogP contribution in [0.5, 0.6) is 0 Å². The molecule has 1 N–H and O–H groups in total. The Morgan fingerprint density at radius 2 is 2.00 bits per heavy atom. The van der Waals surface area contributed by atoms with Gasteiger partial charge in [0.1, 0.15) is 5.82 Å². The van der Waals surface area contributed by atoms with E-state index in [2.05, 4.69) is 58.0 Å². The molecule has 3 heterocycles. The number of benzene rings is 1. The second kappa shape index (κ2) is 6.29. The van der Waals surface area contributed by atoms with Crippen molar-refractivity contribution in [3.05, 3.63) is 59.9 Å². The first kappa shape index (κ1) is 15.2. The van der Waals surface area contributed by atoms with Crippen molar-refractivity contribution in [3.63, 3.8) is 0 Å². The van der Waals surface area contributed by atoms with Crippen LogP contribution < -0.4 is 5.32 Å². The zero-order valence-electron chi connectivity index (χ0n) is 14.4. The molecule has 1 aromatic carbocycles. The summed E-state index contributed by atoms with van der Waals surface area (Å²) in [6.45, 7) is 5.40. The zero-order chi connectivity index (χ0) is 16.5. The Kier molecular flexibility index (Phi) is 3.98. The van der Waals surface area contributed by atoms with Gasteiger partial charge in [0.2, 0.25) is 0 Å². The monoisotopic (exact) mass is 320 g/mol. The number of para-hydroxylation sites is 1. The minimum absolute atomic E-state index is 0.371. The van der Waals surface area contributed by atoms with Gasteiger partial charge in [-0.25, -0.2) is 4.98 Å². The molecule has 0 radical (unpaired) electrons. The highest BCUT2D eigenvalue weighted by Crippen LogP contribution is 2.29. The first-order valence-corrected chi connectivity index (χ1v) is 8.67. The van der Waals surface area contributed by atoms with Crippen LogP contribution in [0.4, 0.5) is 5.82 Å². The molecule has 0 amide bonds. The topological polar surface area (TPSA) is 33.1 Å². The molecule has 124 valence electrons. The summed E-state index contributed by atoms with van der Waals surface area (Å²) < 4.78 is 2.37. The number of aryl methyl sites for hydroxylation is 1. The molecule has 0 saturated carbocycles. The van der Waals surface area contributed by atoms with Gasteiger partial charge in [-0.2, -0.15) is 0 Å². The smallest absolute Gasteiger partial charge is 0.126 e. The molecule has 0 fully saturated rings. The maximum absolute atomic E-state index is 4.36. The van der Waals surface area contributed by atoms with E-state index in [9.17, 15) is 0 Å². The van der Waals surface area contributed by atoms with Gasteiger partial charge in [-0.3, -0.25) is 4.90 Å². The van der Waals surface area contributed by atoms with Crippen molar-refractivity contribution < 1.29 is 0 Å². The number of nitrogens with one attached hydrogen (secondary N) is 1. The standard InChI is InChI=1S/C20H24N4/c1-15(22-20-9-5-6-11-21-20)13-24-12-10-17-16-7-3-4-8-18(16)23(2)19(17)14-24/h3-9,11,15H,10,12-14H2,1-2H3,(H,21,22)/t15-/m1/s1. The summed E-state index contributed by atoms with van der Waals surface area (Å²) in [5.41, 5.74) is 4.35. The SMILES string of the molecule is C[C@H](CN1CCc2c(n(C)c3ccccc23)C1)Nc1ccccn1. The van der Waals surface area contributed by atoms with Crippen LogP contribution in [0.25, 0.3) is 10.9 Å². The Balaban J connectivity index is 1.48. The van der Waals surface area contributed by atoms with E-state index in [1.807, 2.05) is 24.4 Å². The van der Waals surface area contributed by atoms with E-state index in [0.29, 0.717) is 6.04 Å². The van der Waals surface area contributed by atoms with Gasteiger partial charge in [0.05, 0.1) is 0 Å². The van der Waals surface area contributed by atoms with Crippen LogP contribution in [-0.4, -0.2) is 33.6 Å². The van der Waals surface area contributed by atoms with Crippen molar-refractivity contribution in [1.82, 2.24) is 14.5 Å². The number of fused-ring (bicyclic) bond motifs is 3. The molecule has 2 aromatic heterocycles. The fraction of sp³-hybridized carbons (Fsp3) is 0.350. The highest BCUT2D eigenvalue weighted by molar-refractivity contribution is 5.85. The number of nitrogens with zero attached hydrogens (tertiary/aromatic N) is 3. The predicted octanol–water partition coefficient (Wildman–Crippen LogP) is 3.43. The third-order valence-corrected chi connectivity index (χ3v) is 4.99. The van der Waals surface area contributed by atoms with Gasteiger partial charge < -0.3 is 9.88 Å². The summed E-state index contributed by atoms with van der Waals surface area (Å²) in [6.07, 6.45) is 2.96. The Morgan fingerprint density at radius 3 is 2.83 bits per heavy atom. The molecule has 0 unspecified atom stereocenters. The van der Waals surface area contributed by atoms with E-state index in [4.69, 9.17) is 0 Å². The van der Waals surface area contributed by atoms with E-state index >= 15 is 0 Å². The minimum atomic E-state index is 0.371. The largest absolute Gasteiger partial charge is 0.366 e. The van der Waals surface area contributed by atoms with Crippen molar-refractivity contribution in [2.24, 2.45) is 7.05 Å². The molecule has 3 aromatic rings. The quantitative estimate of drug-likeness (QED) is 0.799. The van der Waals surface area contributed by atoms with Crippen molar-refractivity contribution >= 4 is 16.7 Å². The Hall–Kier alpha value is -2.33. The van der Waals surface area contributed by atoms with E-state index in [1.165, 1.54) is 22.2 Å². The second-order valence-corrected chi connectivity index (χ2v) is 6.75. The normalized spacial score (nSPS) is 16.1. The summed E-state index contributed by atoms with van der Waals surface area (Å²) in [5.74, 6) is 0.951. The van der Waals surface area contributed by atoms with Crippen LogP contribution in [-0.2, 0) is 20.0 Å². The molecule has 24 heavy (non-hydrogen) atoms. The van der Waals surface area contributed by atoms with Gasteiger partial charge in [-0.1, -0.05) is 24.3 Å². The van der Waals surface area contributed by atoms with Crippen LogP contribution >= 0.6 is 0 Å². The van der Waals surface area contributed by atoms with E-state index in [0.717, 1.165) is 31.9 Å². The number of aromatic nitrogens is 2. The van der Waals surface area contributed by atoms with E-state index < -0.39 is 0 Å². The van der Waals surface area contributed by atoms with Gasteiger partial charge >= 0.3 is 0 Å². The molecule has 0 saturated heterocycles. The van der Waals surface area contributed by atoms with Crippen molar-refractivity contribution in [3.8, 4) is 0 Å². The van der Waals surface area contributed by atoms with Gasteiger partial charge in [-0.15, -0.1) is 0 Å². The number of pyridine rings is 1. The summed E-state index contributed by atoms with van der Waals surface area (Å²) in [6, 6.07) is 15.1. The molecule has 1 aliphatic rings. The number of hydrogen-bond acceptors (Lipinski definition) is 3. The van der Waals surface area contributed by atoms with Gasteiger partial charge in [-0.05, 0) is 37.1 Å². The first-order chi connectivity index (χ1) is 11.7. The lowest BCUT2D eigenvalue weighted by Gasteiger charge is -2.30. The minimum Gasteiger partial charge on any atom is -0.366 e. The van der Waals surface area contributed by atoms with Crippen LogP contribution in [0.1, 0.15) is 18.2 Å². The number of rotatable bonds is 4. The predicted molar refractivity (Wildman–Crippen MR) is 99.2 cm³/mol. The molecule has 0 aliphatic carbocycles. The van der Waals surface area contributed by atoms with Gasteiger partial charge in [0.15, 0.2) is 0 Å². The molecule has 4 heteroatoms. The molecule has 4 nitrogen and oxygen atoms in total. The van der Waals surface area contributed by atoms with Crippen molar-refractivity contribution in [1.29, 1.82) is 0 Å². The van der Waals surface area contributed by atoms with E-state index in [-0.39, 0.29) is 0 Å². The molecule has 0 spiro atoms. The maximum atomic E-state index is 4.36. The van der Waals surface area contributed by atoms with Gasteiger partial charge in [0.25, 0.3) is 0 Å². The summed E-state index contributed by atoms with van der Waals surface area (Å²) in [4.78, 5) is 6.90. The lowest BCUT2D eigenvalue weighted by molar-refractivity contribution is 0.241. The zero-order valence-corrected chi connectivity index (χ0v) is 14.4.